The summed E-state index contributed by atoms with van der Waals surface area (Å²) in [5.74, 6) is -0.720. The quantitative estimate of drug-likeness (QED) is 0.906. The van der Waals surface area contributed by atoms with E-state index in [0.29, 0.717) is 21.3 Å². The summed E-state index contributed by atoms with van der Waals surface area (Å²) >= 11 is 11.7. The van der Waals surface area contributed by atoms with E-state index in [-0.39, 0.29) is 12.3 Å². The van der Waals surface area contributed by atoms with Crippen LogP contribution in [0.1, 0.15) is 15.9 Å². The highest BCUT2D eigenvalue weighted by atomic mass is 35.5. The first-order valence-corrected chi connectivity index (χ1v) is 6.84. The first-order chi connectivity index (χ1) is 9.94. The number of halogens is 2. The minimum atomic E-state index is -0.402. The number of rotatable bonds is 4. The van der Waals surface area contributed by atoms with Gasteiger partial charge in [-0.15, -0.1) is 0 Å². The normalized spacial score (nSPS) is 10.2. The summed E-state index contributed by atoms with van der Waals surface area (Å²) in [5, 5.41) is 3.51. The highest BCUT2D eigenvalue weighted by molar-refractivity contribution is 6.35. The number of carbonyl (C=O) groups is 2. The Hall–Kier alpha value is -2.04. The third kappa shape index (κ3) is 4.48. The number of hydrogen-bond acceptors (Lipinski definition) is 2. The SMILES string of the molecule is NC(=O)Cc1ccc(NC(=O)c2cc(Cl)cc(Cl)c2)cc1. The van der Waals surface area contributed by atoms with Crippen LogP contribution < -0.4 is 11.1 Å². The minimum absolute atomic E-state index is 0.165. The zero-order valence-electron chi connectivity index (χ0n) is 10.9. The smallest absolute Gasteiger partial charge is 0.255 e. The van der Waals surface area contributed by atoms with E-state index in [1.807, 2.05) is 0 Å². The molecule has 0 aliphatic carbocycles. The largest absolute Gasteiger partial charge is 0.369 e. The molecule has 6 heteroatoms. The molecular formula is C15H12Cl2N2O2. The third-order valence-electron chi connectivity index (χ3n) is 2.71. The monoisotopic (exact) mass is 322 g/mol. The molecule has 108 valence electrons. The van der Waals surface area contributed by atoms with Crippen LogP contribution in [0.5, 0.6) is 0 Å². The van der Waals surface area contributed by atoms with Gasteiger partial charge in [0.15, 0.2) is 0 Å². The van der Waals surface area contributed by atoms with Gasteiger partial charge < -0.3 is 11.1 Å². The molecule has 2 amide bonds. The summed E-state index contributed by atoms with van der Waals surface area (Å²) in [6.07, 6.45) is 0.165. The third-order valence-corrected chi connectivity index (χ3v) is 3.15. The summed E-state index contributed by atoms with van der Waals surface area (Å²) in [6, 6.07) is 11.5. The molecule has 0 saturated heterocycles. The van der Waals surface area contributed by atoms with E-state index in [2.05, 4.69) is 5.32 Å². The van der Waals surface area contributed by atoms with E-state index in [4.69, 9.17) is 28.9 Å². The predicted octanol–water partition coefficient (Wildman–Crippen LogP) is 3.27. The van der Waals surface area contributed by atoms with Crippen LogP contribution in [0.4, 0.5) is 5.69 Å². The molecule has 4 nitrogen and oxygen atoms in total. The molecule has 0 bridgehead atoms. The Bertz CT molecular complexity index is 664. The summed E-state index contributed by atoms with van der Waals surface area (Å²) in [7, 11) is 0. The van der Waals surface area contributed by atoms with Crippen LogP contribution in [0.15, 0.2) is 42.5 Å². The highest BCUT2D eigenvalue weighted by Gasteiger charge is 2.08. The molecule has 21 heavy (non-hydrogen) atoms. The van der Waals surface area contributed by atoms with Crippen molar-refractivity contribution in [1.82, 2.24) is 0 Å². The van der Waals surface area contributed by atoms with Crippen LogP contribution in [0.25, 0.3) is 0 Å². The molecule has 0 saturated carbocycles. The van der Waals surface area contributed by atoms with Gasteiger partial charge in [0.05, 0.1) is 6.42 Å². The average Bonchev–Trinajstić information content (AvgIpc) is 2.39. The molecule has 0 aliphatic rings. The van der Waals surface area contributed by atoms with Crippen molar-refractivity contribution in [2.24, 2.45) is 5.73 Å². The molecule has 0 heterocycles. The first kappa shape index (κ1) is 15.4. The minimum Gasteiger partial charge on any atom is -0.369 e. The molecule has 2 rings (SSSR count). The van der Waals surface area contributed by atoms with Gasteiger partial charge in [-0.2, -0.15) is 0 Å². The number of nitrogens with two attached hydrogens (primary N) is 1. The number of anilines is 1. The maximum Gasteiger partial charge on any atom is 0.255 e. The number of carbonyl (C=O) groups excluding carboxylic acids is 2. The Morgan fingerprint density at radius 2 is 1.57 bits per heavy atom. The molecule has 2 aromatic carbocycles. The van der Waals surface area contributed by atoms with E-state index >= 15 is 0 Å². The van der Waals surface area contributed by atoms with Crippen molar-refractivity contribution in [3.05, 3.63) is 63.6 Å². The van der Waals surface area contributed by atoms with Crippen molar-refractivity contribution in [2.75, 3.05) is 5.32 Å². The molecule has 0 fully saturated rings. The Morgan fingerprint density at radius 3 is 2.10 bits per heavy atom. The second-order valence-corrected chi connectivity index (χ2v) is 5.33. The lowest BCUT2D eigenvalue weighted by atomic mass is 10.1. The Balaban J connectivity index is 2.10. The van der Waals surface area contributed by atoms with Gasteiger partial charge in [0.25, 0.3) is 5.91 Å². The topological polar surface area (TPSA) is 72.2 Å². The molecule has 2 aromatic rings. The molecule has 0 aromatic heterocycles. The standard InChI is InChI=1S/C15H12Cl2N2O2/c16-11-6-10(7-12(17)8-11)15(21)19-13-3-1-9(2-4-13)5-14(18)20/h1-4,6-8H,5H2,(H2,18,20)(H,19,21). The zero-order chi connectivity index (χ0) is 15.4. The lowest BCUT2D eigenvalue weighted by Crippen LogP contribution is -2.14. The van der Waals surface area contributed by atoms with Crippen LogP contribution in [-0.2, 0) is 11.2 Å². The maximum absolute atomic E-state index is 12.1. The van der Waals surface area contributed by atoms with Crippen LogP contribution >= 0.6 is 23.2 Å². The zero-order valence-corrected chi connectivity index (χ0v) is 12.4. The molecule has 0 aliphatic heterocycles. The second kappa shape index (κ2) is 6.61. The van der Waals surface area contributed by atoms with Crippen molar-refractivity contribution in [3.63, 3.8) is 0 Å². The maximum atomic E-state index is 12.1. The summed E-state index contributed by atoms with van der Waals surface area (Å²) in [5.41, 5.74) is 6.87. The van der Waals surface area contributed by atoms with Gasteiger partial charge in [0.1, 0.15) is 0 Å². The number of primary amides is 1. The fraction of sp³-hybridized carbons (Fsp3) is 0.0667. The van der Waals surface area contributed by atoms with Crippen LogP contribution in [0.3, 0.4) is 0 Å². The number of nitrogens with one attached hydrogen (secondary N) is 1. The molecule has 0 spiro atoms. The van der Waals surface area contributed by atoms with Crippen molar-refractivity contribution < 1.29 is 9.59 Å². The highest BCUT2D eigenvalue weighted by Crippen LogP contribution is 2.20. The summed E-state index contributed by atoms with van der Waals surface area (Å²) < 4.78 is 0. The van der Waals surface area contributed by atoms with Crippen LogP contribution in [-0.4, -0.2) is 11.8 Å². The van der Waals surface area contributed by atoms with Crippen molar-refractivity contribution >= 4 is 40.7 Å². The van der Waals surface area contributed by atoms with Gasteiger partial charge in [-0.05, 0) is 35.9 Å². The van der Waals surface area contributed by atoms with Crippen molar-refractivity contribution in [1.29, 1.82) is 0 Å². The average molecular weight is 323 g/mol. The predicted molar refractivity (Wildman–Crippen MR) is 83.8 cm³/mol. The Kier molecular flexibility index (Phi) is 4.83. The van der Waals surface area contributed by atoms with Gasteiger partial charge in [-0.3, -0.25) is 9.59 Å². The van der Waals surface area contributed by atoms with Gasteiger partial charge in [-0.1, -0.05) is 35.3 Å². The van der Waals surface area contributed by atoms with E-state index in [1.54, 1.807) is 30.3 Å². The molecule has 0 unspecified atom stereocenters. The fourth-order valence-corrected chi connectivity index (χ4v) is 2.32. The number of amides is 2. The van der Waals surface area contributed by atoms with Gasteiger partial charge in [0.2, 0.25) is 5.91 Å². The van der Waals surface area contributed by atoms with Crippen molar-refractivity contribution in [2.45, 2.75) is 6.42 Å². The first-order valence-electron chi connectivity index (χ1n) is 6.09. The van der Waals surface area contributed by atoms with Crippen LogP contribution in [0, 0.1) is 0 Å². The Morgan fingerprint density at radius 1 is 1.00 bits per heavy atom. The molecular weight excluding hydrogens is 311 g/mol. The number of hydrogen-bond donors (Lipinski definition) is 2. The Labute approximate surface area is 131 Å². The van der Waals surface area contributed by atoms with Crippen LogP contribution in [0.2, 0.25) is 10.0 Å². The fourth-order valence-electron chi connectivity index (χ4n) is 1.80. The van der Waals surface area contributed by atoms with E-state index in [1.165, 1.54) is 12.1 Å². The number of benzene rings is 2. The van der Waals surface area contributed by atoms with Gasteiger partial charge in [-0.25, -0.2) is 0 Å². The lowest BCUT2D eigenvalue weighted by molar-refractivity contribution is -0.117. The molecule has 0 radical (unpaired) electrons. The van der Waals surface area contributed by atoms with E-state index in [0.717, 1.165) is 5.56 Å². The van der Waals surface area contributed by atoms with Crippen molar-refractivity contribution in [3.8, 4) is 0 Å². The van der Waals surface area contributed by atoms with Gasteiger partial charge in [0, 0.05) is 21.3 Å². The van der Waals surface area contributed by atoms with Gasteiger partial charge >= 0.3 is 0 Å². The summed E-state index contributed by atoms with van der Waals surface area (Å²) in [4.78, 5) is 22.9. The van der Waals surface area contributed by atoms with E-state index < -0.39 is 5.91 Å². The lowest BCUT2D eigenvalue weighted by Gasteiger charge is -2.07. The molecule has 0 atom stereocenters. The summed E-state index contributed by atoms with van der Waals surface area (Å²) in [6.45, 7) is 0. The second-order valence-electron chi connectivity index (χ2n) is 4.45. The molecule has 3 N–H and O–H groups in total. The van der Waals surface area contributed by atoms with E-state index in [9.17, 15) is 9.59 Å².